The predicted molar refractivity (Wildman–Crippen MR) is 100 cm³/mol. The Morgan fingerprint density at radius 1 is 0.500 bits per heavy atom. The normalized spacial score (nSPS) is 9.06. The molecule has 0 aromatic heterocycles. The molecule has 0 aliphatic rings. The molecule has 0 unspecified atom stereocenters. The molecule has 0 rings (SSSR count). The highest BCUT2D eigenvalue weighted by atomic mass is 127. The molecule has 16 radical (unpaired) electrons. The molecule has 0 spiro atoms. The van der Waals surface area contributed by atoms with E-state index < -0.39 is 25.5 Å². The van der Waals surface area contributed by atoms with Gasteiger partial charge in [0.2, 0.25) is 0 Å². The predicted octanol–water partition coefficient (Wildman–Crippen LogP) is -4.83. The van der Waals surface area contributed by atoms with Crippen molar-refractivity contribution in [2.75, 3.05) is 0 Å². The van der Waals surface area contributed by atoms with Crippen LogP contribution >= 0.6 is 22.4 Å². The van der Waals surface area contributed by atoms with Gasteiger partial charge in [0, 0.05) is 100 Å². The van der Waals surface area contributed by atoms with Crippen LogP contribution < -0.4 is 0 Å². The van der Waals surface area contributed by atoms with E-state index in [0.29, 0.717) is 0 Å². The second-order valence-corrected chi connectivity index (χ2v) is 5.35. The first-order valence-electron chi connectivity index (χ1n) is 4.88. The second kappa shape index (κ2) is 7.99. The molecule has 0 bridgehead atoms. The first kappa shape index (κ1) is 17.7. The molecule has 0 amide bonds. The van der Waals surface area contributed by atoms with Crippen molar-refractivity contribution in [2.45, 2.75) is 0 Å². The van der Waals surface area contributed by atoms with Crippen molar-refractivity contribution < 1.29 is 0 Å². The van der Waals surface area contributed by atoms with Gasteiger partial charge in [-0.05, 0) is 0 Å². The lowest BCUT2D eigenvalue weighted by Crippen LogP contribution is -2.71. The Morgan fingerprint density at radius 3 is 0.812 bits per heavy atom. The van der Waals surface area contributed by atoms with E-state index in [1.54, 1.807) is 0 Å². The van der Waals surface area contributed by atoms with Crippen LogP contribution in [0.4, 0.5) is 0 Å². The third-order valence-electron chi connectivity index (χ3n) is 2.51. The van der Waals surface area contributed by atoms with Crippen LogP contribution in [-0.4, -0.2) is 105 Å². The summed E-state index contributed by atoms with van der Waals surface area (Å²) in [4.78, 5) is 0. The fraction of sp³-hybridized carbons (Fsp3) is 0. The summed E-state index contributed by atoms with van der Waals surface area (Å²) in [5.41, 5.74) is 0. The second-order valence-electron chi connectivity index (χ2n) is 3.91. The van der Waals surface area contributed by atoms with Crippen molar-refractivity contribution in [2.24, 2.45) is 0 Å². The summed E-state index contributed by atoms with van der Waals surface area (Å²) in [5, 5.41) is 0. The Kier molecular flexibility index (Phi) is 8.84. The average molecular weight is 289 g/mol. The van der Waals surface area contributed by atoms with Crippen LogP contribution in [0.2, 0.25) is 0 Å². The van der Waals surface area contributed by atoms with Gasteiger partial charge in [0.25, 0.3) is 0 Å². The summed E-state index contributed by atoms with van der Waals surface area (Å²) in [6.45, 7) is 0. The molecule has 0 N–H and O–H groups in total. The molecule has 0 saturated carbocycles. The molecule has 0 aliphatic heterocycles. The fourth-order valence-corrected chi connectivity index (χ4v) is 3.54. The van der Waals surface area contributed by atoms with Crippen molar-refractivity contribution in [3.05, 3.63) is 0 Å². The summed E-state index contributed by atoms with van der Waals surface area (Å²) in [7, 11) is 45.0. The maximum Gasteiger partial charge on any atom is 0.120 e. The van der Waals surface area contributed by atoms with Crippen molar-refractivity contribution in [3.8, 4) is 0 Å². The monoisotopic (exact) mass is 292 g/mol. The first-order chi connectivity index (χ1) is 7.20. The van der Waals surface area contributed by atoms with E-state index in [4.69, 9.17) is 61.9 Å². The Bertz CT molecular complexity index is 146. The van der Waals surface area contributed by atoms with Crippen molar-refractivity contribution in [1.29, 1.82) is 0 Å². The molecule has 0 aliphatic carbocycles. The van der Waals surface area contributed by atoms with Gasteiger partial charge < -0.3 is 0 Å². The Labute approximate surface area is 126 Å². The Hall–Kier alpha value is 1.70. The Morgan fingerprint density at radius 2 is 0.688 bits per heavy atom. The first-order valence-corrected chi connectivity index (χ1v) is 6.13. The van der Waals surface area contributed by atoms with E-state index in [1.807, 2.05) is 0 Å². The van der Waals surface area contributed by atoms with Crippen molar-refractivity contribution >= 4 is 127 Å². The van der Waals surface area contributed by atoms with E-state index in [-0.39, 0.29) is 17.1 Å². The van der Waals surface area contributed by atoms with Crippen LogP contribution in [0.25, 0.3) is 0 Å². The summed E-state index contributed by atoms with van der Waals surface area (Å²) < 4.78 is -0.197. The zero-order valence-electron chi connectivity index (χ0n) is 9.04. The zero-order valence-corrected chi connectivity index (χ0v) is 11.2. The molecular weight excluding hydrogens is 289 g/mol. The molecule has 0 heterocycles. The number of hydrogen-bond acceptors (Lipinski definition) is 0. The van der Waals surface area contributed by atoms with E-state index in [1.165, 1.54) is 0 Å². The minimum atomic E-state index is -0.679. The van der Waals surface area contributed by atoms with E-state index in [0.717, 1.165) is 0 Å². The highest BCUT2D eigenvalue weighted by Gasteiger charge is 2.39. The minimum Gasteiger partial charge on any atom is -0.173 e. The minimum absolute atomic E-state index is 0.197. The van der Waals surface area contributed by atoms with Gasteiger partial charge in [-0.3, -0.25) is 0 Å². The summed E-state index contributed by atoms with van der Waals surface area (Å²) in [6, 6.07) is 0. The lowest BCUT2D eigenvalue weighted by Gasteiger charge is -2.33. The third-order valence-corrected chi connectivity index (χ3v) is 4.17. The molecule has 52 valence electrons. The maximum absolute atomic E-state index is 5.63. The molecule has 0 nitrogen and oxygen atoms in total. The smallest absolute Gasteiger partial charge is 0.120 e. The number of hydrogen-bond donors (Lipinski definition) is 0. The Balaban J connectivity index is 4.88. The molecule has 0 atom stereocenters. The van der Waals surface area contributed by atoms with Gasteiger partial charge in [-0.25, -0.2) is 0 Å². The molecule has 0 saturated heterocycles. The van der Waals surface area contributed by atoms with Gasteiger partial charge in [0.15, 0.2) is 0 Å². The van der Waals surface area contributed by atoms with Crippen LogP contribution in [-0.2, 0) is 0 Å². The maximum atomic E-state index is 5.63. The fourth-order valence-electron chi connectivity index (χ4n) is 1.62. The molecule has 0 aromatic carbocycles. The van der Waals surface area contributed by atoms with Crippen LogP contribution in [0.15, 0.2) is 0 Å². The topological polar surface area (TPSA) is 0 Å². The van der Waals surface area contributed by atoms with Crippen LogP contribution in [0.3, 0.4) is 0 Å². The van der Waals surface area contributed by atoms with Crippen LogP contribution in [0, 0.1) is 0 Å². The van der Waals surface area contributed by atoms with Gasteiger partial charge in [0.05, 0.1) is 0 Å². The van der Waals surface area contributed by atoms with E-state index in [9.17, 15) is 0 Å². The highest BCUT2D eigenvalue weighted by Crippen LogP contribution is 2.08. The number of halogens is 1. The van der Waals surface area contributed by atoms with Crippen molar-refractivity contribution in [1.82, 2.24) is 0 Å². The zero-order chi connectivity index (χ0) is 13.0. The van der Waals surface area contributed by atoms with E-state index >= 15 is 0 Å². The lowest BCUT2D eigenvalue weighted by molar-refractivity contribution is 3.45. The van der Waals surface area contributed by atoms with Gasteiger partial charge in [0.1, 0.15) is 4.35 Å². The molecule has 16 heavy (non-hydrogen) atoms. The molecular formula is B15I. The van der Waals surface area contributed by atoms with Gasteiger partial charge in [-0.1, -0.05) is 0 Å². The van der Waals surface area contributed by atoms with Crippen LogP contribution in [0.1, 0.15) is 0 Å². The van der Waals surface area contributed by atoms with Gasteiger partial charge in [-0.2, -0.15) is 22.4 Å². The van der Waals surface area contributed by atoms with Gasteiger partial charge >= 0.3 is 0 Å². The summed E-state index contributed by atoms with van der Waals surface area (Å²) in [5.74, 6) is 0. The summed E-state index contributed by atoms with van der Waals surface area (Å²) >= 11 is 2.09. The summed E-state index contributed by atoms with van der Waals surface area (Å²) in [6.07, 6.45) is -3.45. The lowest BCUT2D eigenvalue weighted by atomic mass is 8.52. The average Bonchev–Trinajstić information content (AvgIpc) is 1.99. The number of rotatable bonds is 6. The highest BCUT2D eigenvalue weighted by molar-refractivity contribution is 14.1. The third kappa shape index (κ3) is 5.14. The standard InChI is InChI=1S/B15I/c1-9(2)13(10(3)4)15(16)14(11(5)6)12(7)8. The SMILES string of the molecule is [B]B([B])B(B([B])[B])B(I)B(B([B])[B])B([B])[B]. The quantitative estimate of drug-likeness (QED) is 0.340. The molecule has 16 heteroatoms. The largest absolute Gasteiger partial charge is 0.173 e. The van der Waals surface area contributed by atoms with E-state index in [2.05, 4.69) is 22.4 Å². The van der Waals surface area contributed by atoms with Crippen LogP contribution in [0.5, 0.6) is 0 Å². The molecule has 0 fully saturated rings. The van der Waals surface area contributed by atoms with Gasteiger partial charge in [-0.15, -0.1) is 0 Å². The van der Waals surface area contributed by atoms with Crippen molar-refractivity contribution in [3.63, 3.8) is 0 Å². The molecule has 0 aromatic rings.